The quantitative estimate of drug-likeness (QED) is 0.0924. The Labute approximate surface area is 281 Å². The number of aliphatic hydroxyl groups is 2. The van der Waals surface area contributed by atoms with Gasteiger partial charge in [0.15, 0.2) is 16.7 Å². The number of aromatic nitrogens is 1. The molecule has 252 valence electrons. The van der Waals surface area contributed by atoms with Crippen LogP contribution < -0.4 is 21.3 Å². The zero-order chi connectivity index (χ0) is 34.0. The maximum absolute atomic E-state index is 12.6. The Morgan fingerprint density at radius 1 is 1.13 bits per heavy atom. The van der Waals surface area contributed by atoms with Crippen LogP contribution in [0.4, 0.5) is 0 Å². The molecule has 47 heavy (non-hydrogen) atoms. The number of hydroxylamine groups is 2. The number of amides is 1. The Morgan fingerprint density at radius 2 is 1.81 bits per heavy atom. The predicted molar refractivity (Wildman–Crippen MR) is 180 cm³/mol. The van der Waals surface area contributed by atoms with Crippen LogP contribution in [-0.2, 0) is 37.4 Å². The van der Waals surface area contributed by atoms with E-state index < -0.39 is 35.5 Å². The average molecular weight is 686 g/mol. The molecule has 0 radical (unpaired) electrons. The van der Waals surface area contributed by atoms with Crippen LogP contribution in [0, 0.1) is 24.7 Å². The Bertz CT molecular complexity index is 1790. The van der Waals surface area contributed by atoms with Gasteiger partial charge in [0.25, 0.3) is 11.8 Å². The standard InChI is InChI=1S/C33H40N4O8S2/c1-15-19(5-7-28(38)39)24(34-22(15)11-23-16(2)20(9-10-46)31(42)35-23)12-25-21(6-8-29(40)41)17(3)32(43,36-25)13-26-30(27-14-47-27)18(4)33(44)37(26)45-33/h9-13,17-18,23,27,30,34,36,43-44,46H,5-8,14H2,1-4H3,(H,35,42)(H,38,39)(H,40,41)/p+1/b10-9-,22-11-,24-12+,26-13-/t17?,18-,23-,27+,30-,32+,33+,37?/m1/s1. The topological polar surface area (TPSA) is 188 Å². The molecule has 0 bridgehead atoms. The van der Waals surface area contributed by atoms with Gasteiger partial charge < -0.3 is 36.0 Å². The number of rotatable bonds is 11. The fraction of sp³-hybridized carbons (Fsp3) is 0.485. The zero-order valence-corrected chi connectivity index (χ0v) is 28.4. The van der Waals surface area contributed by atoms with Gasteiger partial charge in [-0.05, 0) is 90.4 Å². The maximum Gasteiger partial charge on any atom is 0.303 e. The summed E-state index contributed by atoms with van der Waals surface area (Å²) in [5, 5.41) is 53.0. The number of hydrogen-bond donors (Lipinski definition) is 8. The number of carbonyl (C=O) groups is 3. The van der Waals surface area contributed by atoms with Crippen molar-refractivity contribution in [2.24, 2.45) is 17.8 Å². The van der Waals surface area contributed by atoms with Gasteiger partial charge in [0.2, 0.25) is 0 Å². The van der Waals surface area contributed by atoms with Gasteiger partial charge in [-0.15, -0.1) is 0 Å². The van der Waals surface area contributed by atoms with E-state index in [1.165, 1.54) is 22.2 Å². The van der Waals surface area contributed by atoms with Gasteiger partial charge >= 0.3 is 11.9 Å². The first-order valence-corrected chi connectivity index (χ1v) is 17.4. The molecule has 3 fully saturated rings. The fourth-order valence-electron chi connectivity index (χ4n) is 7.19. The molecule has 7 atom stereocenters. The summed E-state index contributed by atoms with van der Waals surface area (Å²) in [5.74, 6) is -3.22. The number of aliphatic carboxylic acids is 2. The third-order valence-electron chi connectivity index (χ3n) is 10.2. The van der Waals surface area contributed by atoms with Crippen molar-refractivity contribution >= 4 is 54.4 Å². The summed E-state index contributed by atoms with van der Waals surface area (Å²) >= 11 is 5.39. The van der Waals surface area contributed by atoms with Crippen molar-refractivity contribution in [3.8, 4) is 0 Å². The van der Waals surface area contributed by atoms with E-state index in [2.05, 4.69) is 28.2 Å². The number of aromatic amines is 1. The molecule has 0 aliphatic carbocycles. The van der Waals surface area contributed by atoms with Gasteiger partial charge in [-0.25, -0.2) is 4.84 Å². The summed E-state index contributed by atoms with van der Waals surface area (Å²) in [6.45, 7) is 7.52. The second-order valence-corrected chi connectivity index (χ2v) is 14.7. The summed E-state index contributed by atoms with van der Waals surface area (Å²) in [4.78, 5) is 44.8. The van der Waals surface area contributed by atoms with E-state index in [0.29, 0.717) is 38.5 Å². The van der Waals surface area contributed by atoms with Crippen molar-refractivity contribution in [3.05, 3.63) is 67.5 Å². The van der Waals surface area contributed by atoms with Crippen molar-refractivity contribution in [2.45, 2.75) is 76.3 Å². The third kappa shape index (κ3) is 6.06. The summed E-state index contributed by atoms with van der Waals surface area (Å²) < 4.78 is 0. The summed E-state index contributed by atoms with van der Waals surface area (Å²) in [7, 11) is 0. The van der Waals surface area contributed by atoms with Gasteiger partial charge in [-0.3, -0.25) is 14.4 Å². The molecule has 12 nitrogen and oxygen atoms in total. The Hall–Kier alpha value is -3.43. The van der Waals surface area contributed by atoms with Crippen molar-refractivity contribution < 1.29 is 39.6 Å². The lowest BCUT2D eigenvalue weighted by molar-refractivity contribution is -0.138. The number of H-pyrrole nitrogens is 1. The van der Waals surface area contributed by atoms with E-state index in [-0.39, 0.29) is 43.4 Å². The van der Waals surface area contributed by atoms with Crippen LogP contribution in [0.15, 0.2) is 45.7 Å². The van der Waals surface area contributed by atoms with Crippen LogP contribution in [-0.4, -0.2) is 77.0 Å². The Kier molecular flexibility index (Phi) is 8.71. The Balaban J connectivity index is 1.43. The molecule has 1 amide bonds. The van der Waals surface area contributed by atoms with Crippen molar-refractivity contribution in [2.75, 3.05) is 5.75 Å². The highest BCUT2D eigenvalue weighted by atomic mass is 32.2. The molecule has 5 aliphatic rings. The molecule has 6 rings (SSSR count). The molecule has 14 heteroatoms. The second kappa shape index (κ2) is 12.2. The lowest BCUT2D eigenvalue weighted by atomic mass is 9.86. The third-order valence-corrected chi connectivity index (χ3v) is 11.4. The molecular formula is C33H41N4O8S2+. The van der Waals surface area contributed by atoms with Gasteiger partial charge in [0, 0.05) is 46.6 Å². The number of carbonyl (C=O) groups excluding carboxylic acids is 1. The number of carboxylic acid groups (broad SMARTS) is 2. The summed E-state index contributed by atoms with van der Waals surface area (Å²) in [6, 6.07) is -0.392. The van der Waals surface area contributed by atoms with Crippen LogP contribution in [0.5, 0.6) is 0 Å². The predicted octanol–water partition coefficient (Wildman–Crippen LogP) is 0.447. The first-order chi connectivity index (χ1) is 22.2. The second-order valence-electron chi connectivity index (χ2n) is 13.0. The highest BCUT2D eigenvalue weighted by Gasteiger charge is 2.73. The van der Waals surface area contributed by atoms with Gasteiger partial charge in [-0.1, -0.05) is 13.8 Å². The van der Waals surface area contributed by atoms with Crippen LogP contribution in [0.1, 0.15) is 51.2 Å². The number of nitrogens with zero attached hydrogens (tertiary/aromatic N) is 1. The average Bonchev–Trinajstić information content (AvgIpc) is 3.88. The molecule has 0 spiro atoms. The molecular weight excluding hydrogens is 645 g/mol. The Morgan fingerprint density at radius 3 is 2.45 bits per heavy atom. The van der Waals surface area contributed by atoms with Crippen molar-refractivity contribution in [1.82, 2.24) is 20.7 Å². The van der Waals surface area contributed by atoms with Crippen LogP contribution in [0.3, 0.4) is 0 Å². The maximum atomic E-state index is 12.6. The SMILES string of the molecule is CC1=C(/C=C\S)C(=O)N[C@@H]1/C=c1\[nH]/c(=C/C2=C(CCC(=O)O)C(C)[C@@](O)(/C=C3/[C@H]([C@@H]4C[SH+]4)[C@@H](C)[C@]4(O)ON34)N2)c(CCC(=O)O)c1C. The minimum Gasteiger partial charge on any atom is -0.481 e. The first kappa shape index (κ1) is 33.5. The van der Waals surface area contributed by atoms with Crippen LogP contribution >= 0.6 is 12.6 Å². The number of allylic oxidation sites excluding steroid dienone is 2. The van der Waals surface area contributed by atoms with Crippen molar-refractivity contribution in [1.29, 1.82) is 0 Å². The summed E-state index contributed by atoms with van der Waals surface area (Å²) in [6.07, 6.45) is 7.18. The number of fused-ring (bicyclic) bond motifs is 1. The van der Waals surface area contributed by atoms with E-state index in [1.807, 2.05) is 33.8 Å². The molecule has 5 aliphatic heterocycles. The minimum atomic E-state index is -1.61. The molecule has 6 heterocycles. The molecule has 1 aromatic rings. The number of nitrogens with one attached hydrogen (secondary N) is 3. The lowest BCUT2D eigenvalue weighted by Gasteiger charge is -2.28. The van der Waals surface area contributed by atoms with Crippen LogP contribution in [0.25, 0.3) is 12.2 Å². The highest BCUT2D eigenvalue weighted by molar-refractivity contribution is 7.86. The van der Waals surface area contributed by atoms with Crippen LogP contribution in [0.2, 0.25) is 0 Å². The zero-order valence-electron chi connectivity index (χ0n) is 26.6. The summed E-state index contributed by atoms with van der Waals surface area (Å²) in [5.41, 5.74) is 3.26. The van der Waals surface area contributed by atoms with E-state index in [9.17, 15) is 34.8 Å². The van der Waals surface area contributed by atoms with Gasteiger partial charge in [0.05, 0.1) is 17.7 Å². The number of thiol groups is 2. The number of hydrogen-bond acceptors (Lipinski definition) is 9. The lowest BCUT2D eigenvalue weighted by Crippen LogP contribution is -2.44. The fourth-order valence-corrected chi connectivity index (χ4v) is 8.32. The molecule has 7 N–H and O–H groups in total. The molecule has 0 saturated carbocycles. The number of carboxylic acids is 2. The van der Waals surface area contributed by atoms with Gasteiger partial charge in [-0.2, -0.15) is 17.7 Å². The van der Waals surface area contributed by atoms with Crippen molar-refractivity contribution in [3.63, 3.8) is 0 Å². The molecule has 1 aromatic heterocycles. The largest absolute Gasteiger partial charge is 0.481 e. The molecule has 1 unspecified atom stereocenters. The first-order valence-electron chi connectivity index (χ1n) is 15.7. The molecule has 0 aromatic carbocycles. The molecule has 3 saturated heterocycles. The highest BCUT2D eigenvalue weighted by Crippen LogP contribution is 2.59. The van der Waals surface area contributed by atoms with E-state index in [1.54, 1.807) is 18.2 Å². The smallest absolute Gasteiger partial charge is 0.303 e. The van der Waals surface area contributed by atoms with E-state index >= 15 is 0 Å². The van der Waals surface area contributed by atoms with E-state index in [0.717, 1.165) is 22.5 Å². The monoisotopic (exact) mass is 685 g/mol. The van der Waals surface area contributed by atoms with Gasteiger partial charge in [0.1, 0.15) is 0 Å². The minimum absolute atomic E-state index is 0.00747. The normalized spacial score (nSPS) is 34.6. The van der Waals surface area contributed by atoms with E-state index in [4.69, 9.17) is 4.84 Å².